The number of allylic oxidation sites excluding steroid dienone is 1. The molecule has 0 unspecified atom stereocenters. The Labute approximate surface area is 190 Å². The van der Waals surface area contributed by atoms with Gasteiger partial charge in [-0.2, -0.15) is 5.10 Å². The number of imidazole rings is 2. The van der Waals surface area contributed by atoms with Gasteiger partial charge in [0.2, 0.25) is 0 Å². The maximum absolute atomic E-state index is 13.2. The van der Waals surface area contributed by atoms with E-state index < -0.39 is 0 Å². The summed E-state index contributed by atoms with van der Waals surface area (Å²) in [5.74, 6) is -0.0573. The molecule has 0 aliphatic carbocycles. The molecule has 3 aromatic carbocycles. The van der Waals surface area contributed by atoms with E-state index in [1.165, 1.54) is 0 Å². The van der Waals surface area contributed by atoms with Gasteiger partial charge in [-0.15, -0.1) is 0 Å². The first-order chi connectivity index (χ1) is 16.1. The molecule has 6 heteroatoms. The molecule has 0 fully saturated rings. The van der Waals surface area contributed by atoms with Crippen LogP contribution in [0.5, 0.6) is 0 Å². The van der Waals surface area contributed by atoms with Gasteiger partial charge in [-0.05, 0) is 55.0 Å². The number of carbonyl (C=O) groups is 1. The first-order valence-electron chi connectivity index (χ1n) is 10.8. The van der Waals surface area contributed by atoms with E-state index in [9.17, 15) is 4.79 Å². The van der Waals surface area contributed by atoms with E-state index in [0.717, 1.165) is 44.7 Å². The minimum absolute atomic E-state index is 0.0573. The zero-order chi connectivity index (χ0) is 22.5. The van der Waals surface area contributed by atoms with Crippen molar-refractivity contribution >= 4 is 39.6 Å². The third kappa shape index (κ3) is 2.99. The highest BCUT2D eigenvalue weighted by molar-refractivity contribution is 6.12. The third-order valence-electron chi connectivity index (χ3n) is 6.12. The number of fused-ring (bicyclic) bond motifs is 4. The number of nitrogens with zero attached hydrogens (tertiary/aromatic N) is 5. The van der Waals surface area contributed by atoms with E-state index >= 15 is 0 Å². The second kappa shape index (κ2) is 7.31. The van der Waals surface area contributed by atoms with Gasteiger partial charge in [-0.3, -0.25) is 9.36 Å². The summed E-state index contributed by atoms with van der Waals surface area (Å²) in [6.45, 7) is 1.88. The number of hydrogen-bond donors (Lipinski definition) is 0. The van der Waals surface area contributed by atoms with Crippen molar-refractivity contribution in [2.75, 3.05) is 0 Å². The minimum atomic E-state index is -0.0573. The van der Waals surface area contributed by atoms with Crippen molar-refractivity contribution in [2.24, 2.45) is 7.05 Å². The molecule has 0 radical (unpaired) electrons. The molecule has 0 N–H and O–H groups in total. The Morgan fingerprint density at radius 1 is 0.879 bits per heavy atom. The van der Waals surface area contributed by atoms with Crippen LogP contribution in [-0.4, -0.2) is 29.5 Å². The highest BCUT2D eigenvalue weighted by atomic mass is 16.1. The van der Waals surface area contributed by atoms with Gasteiger partial charge in [0.15, 0.2) is 5.78 Å². The van der Waals surface area contributed by atoms with Crippen LogP contribution in [0.4, 0.5) is 0 Å². The summed E-state index contributed by atoms with van der Waals surface area (Å²) in [6.07, 6.45) is 5.31. The van der Waals surface area contributed by atoms with Gasteiger partial charge in [0.05, 0.1) is 33.3 Å². The lowest BCUT2D eigenvalue weighted by Crippen LogP contribution is -2.00. The minimum Gasteiger partial charge on any atom is -0.327 e. The molecule has 0 aliphatic heterocycles. The van der Waals surface area contributed by atoms with E-state index in [-0.39, 0.29) is 5.78 Å². The Morgan fingerprint density at radius 3 is 2.36 bits per heavy atom. The zero-order valence-corrected chi connectivity index (χ0v) is 18.3. The molecule has 160 valence electrons. The molecule has 3 aromatic heterocycles. The molecular formula is C27H21N5O. The molecule has 6 aromatic rings. The van der Waals surface area contributed by atoms with Crippen LogP contribution in [0.25, 0.3) is 39.5 Å². The summed E-state index contributed by atoms with van der Waals surface area (Å²) in [6, 6.07) is 24.2. The Bertz CT molecular complexity index is 1700. The molecule has 0 amide bonds. The van der Waals surface area contributed by atoms with Gasteiger partial charge in [0, 0.05) is 12.7 Å². The van der Waals surface area contributed by atoms with Gasteiger partial charge >= 0.3 is 0 Å². The van der Waals surface area contributed by atoms with Gasteiger partial charge in [0.1, 0.15) is 12.0 Å². The van der Waals surface area contributed by atoms with Crippen molar-refractivity contribution in [2.45, 2.75) is 6.92 Å². The SMILES string of the molecule is Cc1nn2c3ccccc3n(C)c2c1C(=O)C=Cc1ccc(-n2cnc3ccccc32)cc1. The number of hydrogen-bond acceptors (Lipinski definition) is 3. The second-order valence-corrected chi connectivity index (χ2v) is 8.14. The number of para-hydroxylation sites is 4. The lowest BCUT2D eigenvalue weighted by Gasteiger charge is -2.04. The van der Waals surface area contributed by atoms with Crippen LogP contribution in [0.2, 0.25) is 0 Å². The predicted octanol–water partition coefficient (Wildman–Crippen LogP) is 5.37. The molecule has 0 saturated carbocycles. The molecule has 0 atom stereocenters. The molecule has 0 bridgehead atoms. The van der Waals surface area contributed by atoms with Crippen LogP contribution in [-0.2, 0) is 7.05 Å². The summed E-state index contributed by atoms with van der Waals surface area (Å²) in [4.78, 5) is 17.6. The van der Waals surface area contributed by atoms with Crippen molar-refractivity contribution in [1.29, 1.82) is 0 Å². The fraction of sp³-hybridized carbons (Fsp3) is 0.0741. The number of benzene rings is 3. The number of carbonyl (C=O) groups excluding carboxylic acids is 1. The van der Waals surface area contributed by atoms with Crippen LogP contribution in [0.1, 0.15) is 21.6 Å². The monoisotopic (exact) mass is 431 g/mol. The lowest BCUT2D eigenvalue weighted by molar-refractivity contribution is 0.104. The van der Waals surface area contributed by atoms with Crippen molar-refractivity contribution in [3.63, 3.8) is 0 Å². The smallest absolute Gasteiger partial charge is 0.191 e. The van der Waals surface area contributed by atoms with E-state index in [0.29, 0.717) is 5.56 Å². The van der Waals surface area contributed by atoms with Crippen molar-refractivity contribution < 1.29 is 4.79 Å². The molecule has 0 saturated heterocycles. The van der Waals surface area contributed by atoms with E-state index in [2.05, 4.69) is 20.7 Å². The fourth-order valence-electron chi connectivity index (χ4n) is 4.49. The number of aryl methyl sites for hydroxylation is 2. The van der Waals surface area contributed by atoms with Crippen LogP contribution in [0.3, 0.4) is 0 Å². The summed E-state index contributed by atoms with van der Waals surface area (Å²) in [7, 11) is 1.97. The van der Waals surface area contributed by atoms with Crippen LogP contribution in [0.15, 0.2) is 85.2 Å². The normalized spacial score (nSPS) is 11.9. The summed E-state index contributed by atoms with van der Waals surface area (Å²) >= 11 is 0. The molecule has 6 rings (SSSR count). The molecule has 0 aliphatic rings. The van der Waals surface area contributed by atoms with Gasteiger partial charge in [-0.25, -0.2) is 9.50 Å². The van der Waals surface area contributed by atoms with Crippen LogP contribution >= 0.6 is 0 Å². The van der Waals surface area contributed by atoms with Crippen molar-refractivity contribution in [3.05, 3.63) is 102 Å². The van der Waals surface area contributed by atoms with Crippen LogP contribution < -0.4 is 0 Å². The Hall–Kier alpha value is -4.45. The topological polar surface area (TPSA) is 57.1 Å². The summed E-state index contributed by atoms with van der Waals surface area (Å²) < 4.78 is 5.94. The quantitative estimate of drug-likeness (QED) is 0.279. The van der Waals surface area contributed by atoms with Gasteiger partial charge in [0.25, 0.3) is 0 Å². The Morgan fingerprint density at radius 2 is 1.58 bits per heavy atom. The molecule has 0 spiro atoms. The molecule has 33 heavy (non-hydrogen) atoms. The predicted molar refractivity (Wildman–Crippen MR) is 131 cm³/mol. The lowest BCUT2D eigenvalue weighted by atomic mass is 10.1. The Kier molecular flexibility index (Phi) is 4.26. The van der Waals surface area contributed by atoms with Crippen molar-refractivity contribution in [3.8, 4) is 5.69 Å². The number of rotatable bonds is 4. The summed E-state index contributed by atoms with van der Waals surface area (Å²) in [5, 5.41) is 4.64. The molecule has 3 heterocycles. The van der Waals surface area contributed by atoms with E-state index in [1.54, 1.807) is 6.08 Å². The number of ketones is 1. The third-order valence-corrected chi connectivity index (χ3v) is 6.12. The summed E-state index contributed by atoms with van der Waals surface area (Å²) in [5.41, 5.74) is 8.20. The fourth-order valence-corrected chi connectivity index (χ4v) is 4.49. The zero-order valence-electron chi connectivity index (χ0n) is 18.3. The maximum atomic E-state index is 13.2. The number of aromatic nitrogens is 5. The average Bonchev–Trinajstić information content (AvgIpc) is 3.50. The average molecular weight is 431 g/mol. The Balaban J connectivity index is 1.32. The first kappa shape index (κ1) is 19.3. The first-order valence-corrected chi connectivity index (χ1v) is 10.8. The van der Waals surface area contributed by atoms with Crippen LogP contribution in [0, 0.1) is 6.92 Å². The highest BCUT2D eigenvalue weighted by Gasteiger charge is 2.20. The second-order valence-electron chi connectivity index (χ2n) is 8.14. The van der Waals surface area contributed by atoms with Crippen molar-refractivity contribution in [1.82, 2.24) is 23.7 Å². The highest BCUT2D eigenvalue weighted by Crippen LogP contribution is 2.25. The maximum Gasteiger partial charge on any atom is 0.191 e. The van der Waals surface area contributed by atoms with Gasteiger partial charge in [-0.1, -0.05) is 42.5 Å². The largest absolute Gasteiger partial charge is 0.327 e. The van der Waals surface area contributed by atoms with E-state index in [1.807, 2.05) is 102 Å². The molecular weight excluding hydrogens is 410 g/mol. The van der Waals surface area contributed by atoms with Gasteiger partial charge < -0.3 is 4.57 Å². The van der Waals surface area contributed by atoms with E-state index in [4.69, 9.17) is 0 Å². The standard InChI is InChI=1S/C27H21N5O/c1-18-26(27-30(2)23-9-5-6-10-24(23)32(27)29-18)25(33)16-13-19-11-14-20(15-12-19)31-17-28-21-7-3-4-8-22(21)31/h3-17H,1-2H3. The molecule has 6 nitrogen and oxygen atoms in total.